The first kappa shape index (κ1) is 36.5. The summed E-state index contributed by atoms with van der Waals surface area (Å²) in [5, 5.41) is 2.27. The van der Waals surface area contributed by atoms with Gasteiger partial charge in [0.2, 0.25) is 5.95 Å². The first-order chi connectivity index (χ1) is 30.7. The van der Waals surface area contributed by atoms with Crippen molar-refractivity contribution in [3.8, 4) is 85.5 Å². The Bertz CT molecular complexity index is 3300. The molecule has 0 saturated carbocycles. The summed E-state index contributed by atoms with van der Waals surface area (Å²) < 4.78 is 8.60. The maximum atomic E-state index is 6.45. The predicted octanol–water partition coefficient (Wildman–Crippen LogP) is 12.9. The highest BCUT2D eigenvalue weighted by molar-refractivity contribution is 6.15. The Balaban J connectivity index is 0.958. The smallest absolute Gasteiger partial charge is 0.238 e. The van der Waals surface area contributed by atoms with Crippen LogP contribution in [-0.2, 0) is 0 Å². The lowest BCUT2D eigenvalue weighted by Crippen LogP contribution is -2.06. The molecule has 0 fully saturated rings. The second kappa shape index (κ2) is 15.9. The van der Waals surface area contributed by atoms with Gasteiger partial charge in [-0.05, 0) is 59.7 Å². The van der Waals surface area contributed by atoms with Gasteiger partial charge in [0, 0.05) is 38.6 Å². The zero-order chi connectivity index (χ0) is 41.2. The summed E-state index contributed by atoms with van der Waals surface area (Å²) in [4.78, 5) is 30.0. The molecule has 3 heterocycles. The van der Waals surface area contributed by atoms with Crippen molar-refractivity contribution < 1.29 is 4.74 Å². The van der Waals surface area contributed by atoms with Crippen molar-refractivity contribution in [2.24, 2.45) is 0 Å². The van der Waals surface area contributed by atoms with Gasteiger partial charge in [0.25, 0.3) is 0 Å². The van der Waals surface area contributed by atoms with Crippen LogP contribution in [0.25, 0.3) is 95.8 Å². The molecule has 0 bridgehead atoms. The number of benzene rings is 8. The van der Waals surface area contributed by atoms with E-state index in [9.17, 15) is 0 Å². The molecule has 0 unspecified atom stereocenters. The van der Waals surface area contributed by atoms with Gasteiger partial charge in [0.1, 0.15) is 11.5 Å². The molecule has 0 spiro atoms. The molecule has 0 atom stereocenters. The quantitative estimate of drug-likeness (QED) is 0.144. The Morgan fingerprint density at radius 3 is 1.32 bits per heavy atom. The van der Waals surface area contributed by atoms with Crippen molar-refractivity contribution in [2.75, 3.05) is 0 Å². The van der Waals surface area contributed by atoms with E-state index in [1.807, 2.05) is 146 Å². The fraction of sp³-hybridized carbons (Fsp3) is 0. The molecule has 11 rings (SSSR count). The standard InChI is InChI=1S/C54H35N7O/c1-5-17-36(18-6-1)44-28-16-30-47-48(44)45-27-13-14-29-46(45)61(47)54-59-51(39-23-11-4-12-24-39)58-52(60-54)40-31-33-42(34-32-40)62-43-26-15-25-41(35-43)53-56-49(37-19-7-2-8-20-37)55-50(57-53)38-21-9-3-10-22-38/h1-35H. The van der Waals surface area contributed by atoms with Gasteiger partial charge in [-0.2, -0.15) is 9.97 Å². The van der Waals surface area contributed by atoms with Crippen LogP contribution in [0.4, 0.5) is 0 Å². The molecule has 8 heteroatoms. The van der Waals surface area contributed by atoms with Gasteiger partial charge in [-0.1, -0.05) is 164 Å². The molecule has 0 saturated heterocycles. The highest BCUT2D eigenvalue weighted by Gasteiger charge is 2.20. The second-order valence-electron chi connectivity index (χ2n) is 14.8. The number of aromatic nitrogens is 7. The van der Waals surface area contributed by atoms with Crippen LogP contribution in [-0.4, -0.2) is 34.5 Å². The van der Waals surface area contributed by atoms with Crippen LogP contribution >= 0.6 is 0 Å². The molecule has 0 aliphatic heterocycles. The monoisotopic (exact) mass is 797 g/mol. The van der Waals surface area contributed by atoms with Crippen LogP contribution in [0.5, 0.6) is 11.5 Å². The Morgan fingerprint density at radius 2 is 0.742 bits per heavy atom. The number of rotatable bonds is 9. The summed E-state index contributed by atoms with van der Waals surface area (Å²) in [5.41, 5.74) is 8.68. The molecule has 0 aliphatic carbocycles. The van der Waals surface area contributed by atoms with Gasteiger partial charge in [-0.15, -0.1) is 0 Å². The normalized spacial score (nSPS) is 11.2. The van der Waals surface area contributed by atoms with Crippen molar-refractivity contribution in [3.63, 3.8) is 0 Å². The minimum Gasteiger partial charge on any atom is -0.457 e. The lowest BCUT2D eigenvalue weighted by molar-refractivity contribution is 0.483. The summed E-state index contributed by atoms with van der Waals surface area (Å²) in [5.74, 6) is 4.72. The maximum absolute atomic E-state index is 6.45. The summed E-state index contributed by atoms with van der Waals surface area (Å²) in [7, 11) is 0. The zero-order valence-corrected chi connectivity index (χ0v) is 33.2. The van der Waals surface area contributed by atoms with E-state index >= 15 is 0 Å². The largest absolute Gasteiger partial charge is 0.457 e. The van der Waals surface area contributed by atoms with Gasteiger partial charge < -0.3 is 4.74 Å². The molecule has 292 valence electrons. The first-order valence-electron chi connectivity index (χ1n) is 20.4. The van der Waals surface area contributed by atoms with Gasteiger partial charge >= 0.3 is 0 Å². The number of nitrogens with zero attached hydrogens (tertiary/aromatic N) is 7. The average Bonchev–Trinajstić information content (AvgIpc) is 3.70. The molecule has 62 heavy (non-hydrogen) atoms. The van der Waals surface area contributed by atoms with E-state index in [0.717, 1.165) is 60.8 Å². The predicted molar refractivity (Wildman–Crippen MR) is 247 cm³/mol. The van der Waals surface area contributed by atoms with Crippen molar-refractivity contribution in [2.45, 2.75) is 0 Å². The molecule has 0 aliphatic rings. The molecule has 3 aromatic heterocycles. The van der Waals surface area contributed by atoms with Crippen molar-refractivity contribution in [1.29, 1.82) is 0 Å². The van der Waals surface area contributed by atoms with Crippen LogP contribution in [0.1, 0.15) is 0 Å². The Kier molecular flexibility index (Phi) is 9.33. The molecule has 0 amide bonds. The summed E-state index contributed by atoms with van der Waals surface area (Å²) in [6, 6.07) is 70.9. The minimum atomic E-state index is 0.534. The molecule has 0 radical (unpaired) electrons. The first-order valence-corrected chi connectivity index (χ1v) is 20.4. The Hall–Kier alpha value is -8.62. The van der Waals surface area contributed by atoms with Crippen LogP contribution in [0.2, 0.25) is 0 Å². The number of para-hydroxylation sites is 1. The number of fused-ring (bicyclic) bond motifs is 3. The highest BCUT2D eigenvalue weighted by atomic mass is 16.5. The molecular formula is C54H35N7O. The lowest BCUT2D eigenvalue weighted by Gasteiger charge is -2.12. The summed E-state index contributed by atoms with van der Waals surface area (Å²) >= 11 is 0. The van der Waals surface area contributed by atoms with Crippen molar-refractivity contribution >= 4 is 21.8 Å². The zero-order valence-electron chi connectivity index (χ0n) is 33.2. The molecule has 0 N–H and O–H groups in total. The number of hydrogen-bond donors (Lipinski definition) is 0. The second-order valence-corrected chi connectivity index (χ2v) is 14.8. The van der Waals surface area contributed by atoms with Crippen molar-refractivity contribution in [3.05, 3.63) is 212 Å². The fourth-order valence-electron chi connectivity index (χ4n) is 7.85. The van der Waals surface area contributed by atoms with Crippen LogP contribution in [0.15, 0.2) is 212 Å². The van der Waals surface area contributed by atoms with E-state index in [0.29, 0.717) is 46.6 Å². The van der Waals surface area contributed by atoms with E-state index in [4.69, 9.17) is 34.6 Å². The third-order valence-corrected chi connectivity index (χ3v) is 10.8. The Labute approximate surface area is 357 Å². The van der Waals surface area contributed by atoms with Gasteiger partial charge in [0.15, 0.2) is 29.1 Å². The van der Waals surface area contributed by atoms with E-state index < -0.39 is 0 Å². The topological polar surface area (TPSA) is 91.5 Å². The third-order valence-electron chi connectivity index (χ3n) is 10.8. The van der Waals surface area contributed by atoms with Crippen LogP contribution in [0, 0.1) is 0 Å². The van der Waals surface area contributed by atoms with E-state index in [1.165, 1.54) is 0 Å². The third kappa shape index (κ3) is 7.01. The van der Waals surface area contributed by atoms with E-state index in [-0.39, 0.29) is 0 Å². The SMILES string of the molecule is c1ccc(-c2nc(-c3ccccc3)nc(-c3cccc(Oc4ccc(-c5nc(-c6ccccc6)nc(-n6c7ccccc7c7c(-c8ccccc8)cccc76)n5)cc4)c3)n2)cc1. The molecular weight excluding hydrogens is 763 g/mol. The van der Waals surface area contributed by atoms with Gasteiger partial charge in [-0.3, -0.25) is 4.57 Å². The van der Waals surface area contributed by atoms with Crippen molar-refractivity contribution in [1.82, 2.24) is 34.5 Å². The lowest BCUT2D eigenvalue weighted by atomic mass is 9.99. The van der Waals surface area contributed by atoms with Crippen LogP contribution in [0.3, 0.4) is 0 Å². The number of hydrogen-bond acceptors (Lipinski definition) is 7. The minimum absolute atomic E-state index is 0.534. The highest BCUT2D eigenvalue weighted by Crippen LogP contribution is 2.38. The molecule has 11 aromatic rings. The molecule has 8 aromatic carbocycles. The van der Waals surface area contributed by atoms with Crippen LogP contribution < -0.4 is 4.74 Å². The Morgan fingerprint density at radius 1 is 0.306 bits per heavy atom. The van der Waals surface area contributed by atoms with Gasteiger partial charge in [-0.25, -0.2) is 19.9 Å². The van der Waals surface area contributed by atoms with Gasteiger partial charge in [0.05, 0.1) is 11.0 Å². The summed E-state index contributed by atoms with van der Waals surface area (Å²) in [6.07, 6.45) is 0. The fourth-order valence-corrected chi connectivity index (χ4v) is 7.85. The molecule has 8 nitrogen and oxygen atoms in total. The maximum Gasteiger partial charge on any atom is 0.238 e. The van der Waals surface area contributed by atoms with E-state index in [1.54, 1.807) is 0 Å². The summed E-state index contributed by atoms with van der Waals surface area (Å²) in [6.45, 7) is 0. The number of ether oxygens (including phenoxy) is 1. The average molecular weight is 798 g/mol. The van der Waals surface area contributed by atoms with E-state index in [2.05, 4.69) is 71.3 Å².